The van der Waals surface area contributed by atoms with Gasteiger partial charge in [-0.3, -0.25) is 10.1 Å². The standard InChI is InChI=1S/C16H13NO7S/c1-9-6-11(16(18)23-2)7-13-14(9)24-15-10(8-25(13,21)22)4-3-5-12(15)17(19)20/h3-7H,8H2,1-2H3. The number of fused-ring (bicyclic) bond motifs is 2. The van der Waals surface area contributed by atoms with Gasteiger partial charge in [-0.05, 0) is 24.6 Å². The summed E-state index contributed by atoms with van der Waals surface area (Å²) in [5.41, 5.74) is 0.278. The third-order valence-corrected chi connectivity index (χ3v) is 5.48. The molecule has 0 aromatic heterocycles. The van der Waals surface area contributed by atoms with Crippen molar-refractivity contribution in [3.63, 3.8) is 0 Å². The molecule has 130 valence electrons. The summed E-state index contributed by atoms with van der Waals surface area (Å²) in [5, 5.41) is 11.2. The Morgan fingerprint density at radius 2 is 2.00 bits per heavy atom. The van der Waals surface area contributed by atoms with Gasteiger partial charge in [-0.1, -0.05) is 12.1 Å². The summed E-state index contributed by atoms with van der Waals surface area (Å²) >= 11 is 0. The van der Waals surface area contributed by atoms with Gasteiger partial charge in [0, 0.05) is 11.6 Å². The molecule has 0 spiro atoms. The number of hydrogen-bond donors (Lipinski definition) is 0. The third kappa shape index (κ3) is 2.82. The average molecular weight is 363 g/mol. The van der Waals surface area contributed by atoms with Crippen LogP contribution in [0.2, 0.25) is 0 Å². The summed E-state index contributed by atoms with van der Waals surface area (Å²) in [7, 11) is -2.69. The Morgan fingerprint density at radius 3 is 2.64 bits per heavy atom. The average Bonchev–Trinajstić information content (AvgIpc) is 2.67. The van der Waals surface area contributed by atoms with E-state index in [4.69, 9.17) is 4.74 Å². The molecule has 0 fully saturated rings. The lowest BCUT2D eigenvalue weighted by Gasteiger charge is -2.12. The van der Waals surface area contributed by atoms with Crippen molar-refractivity contribution < 1.29 is 27.6 Å². The molecule has 3 rings (SSSR count). The number of nitro benzene ring substituents is 1. The van der Waals surface area contributed by atoms with E-state index in [0.717, 1.165) is 0 Å². The number of esters is 1. The molecule has 0 atom stereocenters. The molecule has 0 saturated carbocycles. The Morgan fingerprint density at radius 1 is 1.28 bits per heavy atom. The quantitative estimate of drug-likeness (QED) is 0.458. The number of methoxy groups -OCH3 is 1. The second-order valence-corrected chi connectivity index (χ2v) is 7.45. The number of nitrogens with zero attached hydrogens (tertiary/aromatic N) is 1. The first-order chi connectivity index (χ1) is 11.7. The van der Waals surface area contributed by atoms with E-state index in [-0.39, 0.29) is 33.2 Å². The highest BCUT2D eigenvalue weighted by Gasteiger charge is 2.33. The summed E-state index contributed by atoms with van der Waals surface area (Å²) < 4.78 is 35.8. The predicted octanol–water partition coefficient (Wildman–Crippen LogP) is 2.77. The zero-order valence-corrected chi connectivity index (χ0v) is 14.1. The van der Waals surface area contributed by atoms with Gasteiger partial charge >= 0.3 is 11.7 Å². The Balaban J connectivity index is 2.30. The van der Waals surface area contributed by atoms with Gasteiger partial charge in [-0.15, -0.1) is 0 Å². The molecule has 2 aromatic carbocycles. The van der Waals surface area contributed by atoms with Crippen molar-refractivity contribution in [1.82, 2.24) is 0 Å². The number of ether oxygens (including phenoxy) is 2. The van der Waals surface area contributed by atoms with E-state index in [1.54, 1.807) is 6.92 Å². The molecule has 0 N–H and O–H groups in total. The maximum absolute atomic E-state index is 12.8. The number of carbonyl (C=O) groups excluding carboxylic acids is 1. The van der Waals surface area contributed by atoms with E-state index >= 15 is 0 Å². The van der Waals surface area contributed by atoms with Gasteiger partial charge in [-0.25, -0.2) is 13.2 Å². The second-order valence-electron chi connectivity index (χ2n) is 5.50. The number of hydrogen-bond acceptors (Lipinski definition) is 7. The molecule has 0 saturated heterocycles. The summed E-state index contributed by atoms with van der Waals surface area (Å²) in [6, 6.07) is 6.69. The first kappa shape index (κ1) is 16.9. The second kappa shape index (κ2) is 5.85. The molecule has 9 heteroatoms. The maximum atomic E-state index is 12.8. The van der Waals surface area contributed by atoms with E-state index < -0.39 is 26.5 Å². The van der Waals surface area contributed by atoms with Gasteiger partial charge < -0.3 is 9.47 Å². The third-order valence-electron chi connectivity index (χ3n) is 3.82. The largest absolute Gasteiger partial charge is 0.465 e. The van der Waals surface area contributed by atoms with Crippen LogP contribution < -0.4 is 4.74 Å². The van der Waals surface area contributed by atoms with Crippen LogP contribution in [-0.2, 0) is 20.3 Å². The van der Waals surface area contributed by atoms with Crippen molar-refractivity contribution >= 4 is 21.5 Å². The minimum Gasteiger partial charge on any atom is -0.465 e. The first-order valence-corrected chi connectivity index (χ1v) is 8.79. The molecule has 1 heterocycles. The van der Waals surface area contributed by atoms with E-state index in [2.05, 4.69) is 4.74 Å². The fourth-order valence-electron chi connectivity index (χ4n) is 2.67. The molecule has 1 aliphatic rings. The van der Waals surface area contributed by atoms with Gasteiger partial charge in [0.25, 0.3) is 0 Å². The van der Waals surface area contributed by atoms with E-state index in [1.165, 1.54) is 37.4 Å². The van der Waals surface area contributed by atoms with Crippen molar-refractivity contribution in [2.24, 2.45) is 0 Å². The van der Waals surface area contributed by atoms with Crippen molar-refractivity contribution in [2.75, 3.05) is 7.11 Å². The van der Waals surface area contributed by atoms with Crippen LogP contribution in [0.15, 0.2) is 35.2 Å². The number of aryl methyl sites for hydroxylation is 1. The van der Waals surface area contributed by atoms with Gasteiger partial charge in [0.2, 0.25) is 5.75 Å². The van der Waals surface area contributed by atoms with Crippen LogP contribution in [0.1, 0.15) is 21.5 Å². The molecule has 0 radical (unpaired) electrons. The van der Waals surface area contributed by atoms with Crippen LogP contribution >= 0.6 is 0 Å². The Labute approximate surface area is 143 Å². The Hall–Kier alpha value is -2.94. The highest BCUT2D eigenvalue weighted by Crippen LogP contribution is 2.44. The summed E-state index contributed by atoms with van der Waals surface area (Å²) in [6.07, 6.45) is 0. The molecule has 8 nitrogen and oxygen atoms in total. The maximum Gasteiger partial charge on any atom is 0.337 e. The number of nitro groups is 1. The SMILES string of the molecule is COC(=O)c1cc(C)c2c(c1)S(=O)(=O)Cc1cccc([N+](=O)[O-])c1O2. The molecular weight excluding hydrogens is 350 g/mol. The van der Waals surface area contributed by atoms with Crippen LogP contribution in [0.4, 0.5) is 5.69 Å². The molecule has 0 aliphatic carbocycles. The molecular formula is C16H13NO7S. The van der Waals surface area contributed by atoms with Crippen molar-refractivity contribution in [3.8, 4) is 11.5 Å². The van der Waals surface area contributed by atoms with Crippen LogP contribution in [0.3, 0.4) is 0 Å². The van der Waals surface area contributed by atoms with Crippen LogP contribution in [0, 0.1) is 17.0 Å². The Bertz CT molecular complexity index is 1010. The number of para-hydroxylation sites is 1. The van der Waals surface area contributed by atoms with Crippen LogP contribution in [-0.4, -0.2) is 26.4 Å². The zero-order valence-electron chi connectivity index (χ0n) is 13.3. The minimum atomic E-state index is -3.88. The Kier molecular flexibility index (Phi) is 3.96. The molecule has 0 unspecified atom stereocenters. The lowest BCUT2D eigenvalue weighted by Crippen LogP contribution is -2.08. The topological polar surface area (TPSA) is 113 Å². The predicted molar refractivity (Wildman–Crippen MR) is 86.6 cm³/mol. The number of carbonyl (C=O) groups is 1. The van der Waals surface area contributed by atoms with Crippen molar-refractivity contribution in [1.29, 1.82) is 0 Å². The normalized spacial score (nSPS) is 14.5. The number of benzene rings is 2. The lowest BCUT2D eigenvalue weighted by molar-refractivity contribution is -0.385. The smallest absolute Gasteiger partial charge is 0.337 e. The highest BCUT2D eigenvalue weighted by molar-refractivity contribution is 7.90. The summed E-state index contributed by atoms with van der Waals surface area (Å²) in [6.45, 7) is 1.56. The molecule has 0 bridgehead atoms. The van der Waals surface area contributed by atoms with E-state index in [9.17, 15) is 23.3 Å². The van der Waals surface area contributed by atoms with E-state index in [0.29, 0.717) is 5.56 Å². The summed E-state index contributed by atoms with van der Waals surface area (Å²) in [4.78, 5) is 22.2. The fraction of sp³-hybridized carbons (Fsp3) is 0.188. The van der Waals surface area contributed by atoms with E-state index in [1.807, 2.05) is 0 Å². The lowest BCUT2D eigenvalue weighted by atomic mass is 10.1. The number of sulfone groups is 1. The summed E-state index contributed by atoms with van der Waals surface area (Å²) in [5.74, 6) is -1.29. The zero-order chi connectivity index (χ0) is 18.4. The molecule has 25 heavy (non-hydrogen) atoms. The first-order valence-electron chi connectivity index (χ1n) is 7.14. The van der Waals surface area contributed by atoms with Crippen LogP contribution in [0.25, 0.3) is 0 Å². The molecule has 2 aromatic rings. The van der Waals surface area contributed by atoms with Crippen LogP contribution in [0.5, 0.6) is 11.5 Å². The van der Waals surface area contributed by atoms with Gasteiger partial charge in [0.1, 0.15) is 10.6 Å². The van der Waals surface area contributed by atoms with Crippen molar-refractivity contribution in [2.45, 2.75) is 17.6 Å². The van der Waals surface area contributed by atoms with Gasteiger partial charge in [-0.2, -0.15) is 0 Å². The minimum absolute atomic E-state index is 0.0271. The monoisotopic (exact) mass is 363 g/mol. The fourth-order valence-corrected chi connectivity index (χ4v) is 4.25. The molecule has 1 aliphatic heterocycles. The van der Waals surface area contributed by atoms with Gasteiger partial charge in [0.15, 0.2) is 9.84 Å². The van der Waals surface area contributed by atoms with Crippen molar-refractivity contribution in [3.05, 3.63) is 57.1 Å². The molecule has 0 amide bonds. The van der Waals surface area contributed by atoms with Gasteiger partial charge in [0.05, 0.1) is 23.3 Å². The highest BCUT2D eigenvalue weighted by atomic mass is 32.2. The number of rotatable bonds is 2.